The zero-order valence-corrected chi connectivity index (χ0v) is 12.1. The summed E-state index contributed by atoms with van der Waals surface area (Å²) in [4.78, 5) is 18.9. The number of rotatable bonds is 7. The molecule has 1 aliphatic heterocycles. The van der Waals surface area contributed by atoms with Gasteiger partial charge in [0.15, 0.2) is 0 Å². The maximum Gasteiger partial charge on any atom is 0.287 e. The third-order valence-corrected chi connectivity index (χ3v) is 3.77. The number of nitro groups is 1. The Balaban J connectivity index is 1.76. The lowest BCUT2D eigenvalue weighted by atomic mass is 10.2. The number of piperazine rings is 1. The van der Waals surface area contributed by atoms with Gasteiger partial charge in [-0.3, -0.25) is 15.0 Å². The molecule has 0 radical (unpaired) electrons. The quantitative estimate of drug-likeness (QED) is 0.463. The lowest BCUT2D eigenvalue weighted by molar-refractivity contribution is -0.385. The van der Waals surface area contributed by atoms with E-state index in [2.05, 4.69) is 14.8 Å². The van der Waals surface area contributed by atoms with Crippen LogP contribution in [0.3, 0.4) is 0 Å². The summed E-state index contributed by atoms with van der Waals surface area (Å²) in [5, 5.41) is 19.4. The highest BCUT2D eigenvalue weighted by molar-refractivity contribution is 5.43. The molecule has 0 aromatic carbocycles. The van der Waals surface area contributed by atoms with Gasteiger partial charge in [0.25, 0.3) is 5.69 Å². The van der Waals surface area contributed by atoms with Crippen molar-refractivity contribution in [3.8, 4) is 0 Å². The normalized spacial score (nSPS) is 16.1. The van der Waals surface area contributed by atoms with Crippen LogP contribution in [0.5, 0.6) is 0 Å². The van der Waals surface area contributed by atoms with Gasteiger partial charge in [-0.25, -0.2) is 4.98 Å². The predicted molar refractivity (Wildman–Crippen MR) is 80.5 cm³/mol. The first-order valence-corrected chi connectivity index (χ1v) is 7.39. The molecule has 21 heavy (non-hydrogen) atoms. The lowest BCUT2D eigenvalue weighted by Crippen LogP contribution is -2.46. The summed E-state index contributed by atoms with van der Waals surface area (Å²) in [6.45, 7) is 5.10. The van der Waals surface area contributed by atoms with Crippen LogP contribution in [0.15, 0.2) is 18.3 Å². The van der Waals surface area contributed by atoms with E-state index >= 15 is 0 Å². The third kappa shape index (κ3) is 4.64. The van der Waals surface area contributed by atoms with Gasteiger partial charge in [-0.2, -0.15) is 0 Å². The number of nitrogens with zero attached hydrogens (tertiary/aromatic N) is 4. The number of unbranched alkanes of at least 4 members (excludes halogenated alkanes) is 2. The van der Waals surface area contributed by atoms with Gasteiger partial charge in [0, 0.05) is 38.9 Å². The molecule has 0 spiro atoms. The van der Waals surface area contributed by atoms with E-state index in [-0.39, 0.29) is 12.3 Å². The van der Waals surface area contributed by atoms with Crippen LogP contribution < -0.4 is 4.90 Å². The fourth-order valence-corrected chi connectivity index (χ4v) is 2.50. The van der Waals surface area contributed by atoms with Gasteiger partial charge in [0.05, 0.1) is 4.92 Å². The minimum absolute atomic E-state index is 0.0290. The minimum Gasteiger partial charge on any atom is -0.396 e. The van der Waals surface area contributed by atoms with Crippen molar-refractivity contribution in [2.45, 2.75) is 19.3 Å². The van der Waals surface area contributed by atoms with E-state index in [1.165, 1.54) is 12.3 Å². The van der Waals surface area contributed by atoms with Crippen LogP contribution in [0, 0.1) is 10.1 Å². The monoisotopic (exact) mass is 294 g/mol. The first kappa shape index (κ1) is 15.7. The molecule has 1 saturated heterocycles. The standard InChI is InChI=1S/C14H22N4O3/c19-11-3-1-2-6-16-7-9-17(10-8-16)14-5-4-13(12-15-14)18(20)21/h4-5,12,19H,1-3,6-11H2. The number of anilines is 1. The molecule has 0 atom stereocenters. The summed E-state index contributed by atoms with van der Waals surface area (Å²) in [6, 6.07) is 3.22. The van der Waals surface area contributed by atoms with Crippen LogP contribution in [0.2, 0.25) is 0 Å². The summed E-state index contributed by atoms with van der Waals surface area (Å²) in [5.41, 5.74) is 0.0290. The number of hydrogen-bond acceptors (Lipinski definition) is 6. The molecule has 7 heteroatoms. The molecule has 7 nitrogen and oxygen atoms in total. The van der Waals surface area contributed by atoms with Crippen LogP contribution in [0.25, 0.3) is 0 Å². The summed E-state index contributed by atoms with van der Waals surface area (Å²) in [7, 11) is 0. The van der Waals surface area contributed by atoms with Crippen molar-refractivity contribution in [2.24, 2.45) is 0 Å². The van der Waals surface area contributed by atoms with Crippen LogP contribution in [0.1, 0.15) is 19.3 Å². The predicted octanol–water partition coefficient (Wildman–Crippen LogP) is 1.27. The summed E-state index contributed by atoms with van der Waals surface area (Å²) in [6.07, 6.45) is 4.39. The first-order chi connectivity index (χ1) is 10.2. The average Bonchev–Trinajstić information content (AvgIpc) is 2.52. The minimum atomic E-state index is -0.429. The summed E-state index contributed by atoms with van der Waals surface area (Å²) < 4.78 is 0. The summed E-state index contributed by atoms with van der Waals surface area (Å²) >= 11 is 0. The van der Waals surface area contributed by atoms with E-state index in [0.29, 0.717) is 0 Å². The first-order valence-electron chi connectivity index (χ1n) is 7.39. The fraction of sp³-hybridized carbons (Fsp3) is 0.643. The van der Waals surface area contributed by atoms with Crippen molar-refractivity contribution in [1.82, 2.24) is 9.88 Å². The third-order valence-electron chi connectivity index (χ3n) is 3.77. The Bertz CT molecular complexity index is 444. The van der Waals surface area contributed by atoms with Crippen LogP contribution in [-0.4, -0.2) is 59.2 Å². The Hall–Kier alpha value is -1.73. The number of aromatic nitrogens is 1. The molecule has 0 bridgehead atoms. The maximum absolute atomic E-state index is 10.6. The van der Waals surface area contributed by atoms with Gasteiger partial charge in [-0.15, -0.1) is 0 Å². The van der Waals surface area contributed by atoms with Gasteiger partial charge >= 0.3 is 0 Å². The zero-order chi connectivity index (χ0) is 15.1. The van der Waals surface area contributed by atoms with Gasteiger partial charge in [0.1, 0.15) is 12.0 Å². The van der Waals surface area contributed by atoms with E-state index in [0.717, 1.165) is 57.8 Å². The van der Waals surface area contributed by atoms with Crippen molar-refractivity contribution < 1.29 is 10.0 Å². The van der Waals surface area contributed by atoms with E-state index in [9.17, 15) is 10.1 Å². The molecular formula is C14H22N4O3. The van der Waals surface area contributed by atoms with Gasteiger partial charge in [-0.1, -0.05) is 0 Å². The molecule has 0 unspecified atom stereocenters. The molecule has 2 rings (SSSR count). The van der Waals surface area contributed by atoms with Gasteiger partial charge in [-0.05, 0) is 31.9 Å². The van der Waals surface area contributed by atoms with E-state index < -0.39 is 4.92 Å². The Kier molecular flexibility index (Phi) is 5.89. The molecule has 0 amide bonds. The van der Waals surface area contributed by atoms with E-state index in [1.54, 1.807) is 6.07 Å². The Morgan fingerprint density at radius 1 is 1.19 bits per heavy atom. The molecule has 1 N–H and O–H groups in total. The molecule has 2 heterocycles. The van der Waals surface area contributed by atoms with Crippen LogP contribution in [-0.2, 0) is 0 Å². The van der Waals surface area contributed by atoms with Crippen molar-refractivity contribution in [3.05, 3.63) is 28.4 Å². The highest BCUT2D eigenvalue weighted by Gasteiger charge is 2.18. The number of aliphatic hydroxyl groups is 1. The lowest BCUT2D eigenvalue weighted by Gasteiger charge is -2.35. The Morgan fingerprint density at radius 2 is 1.95 bits per heavy atom. The van der Waals surface area contributed by atoms with E-state index in [1.807, 2.05) is 0 Å². The second-order valence-corrected chi connectivity index (χ2v) is 5.24. The molecule has 0 saturated carbocycles. The number of pyridine rings is 1. The highest BCUT2D eigenvalue weighted by Crippen LogP contribution is 2.17. The average molecular weight is 294 g/mol. The molecule has 1 aromatic rings. The molecular weight excluding hydrogens is 272 g/mol. The fourth-order valence-electron chi connectivity index (χ4n) is 2.50. The topological polar surface area (TPSA) is 82.7 Å². The summed E-state index contributed by atoms with van der Waals surface area (Å²) in [5.74, 6) is 0.806. The van der Waals surface area contributed by atoms with Crippen molar-refractivity contribution in [2.75, 3.05) is 44.2 Å². The van der Waals surface area contributed by atoms with E-state index in [4.69, 9.17) is 5.11 Å². The smallest absolute Gasteiger partial charge is 0.287 e. The Morgan fingerprint density at radius 3 is 2.52 bits per heavy atom. The SMILES string of the molecule is O=[N+]([O-])c1ccc(N2CCN(CCCCCO)CC2)nc1. The van der Waals surface area contributed by atoms with Gasteiger partial charge in [0.2, 0.25) is 0 Å². The van der Waals surface area contributed by atoms with Crippen LogP contribution in [0.4, 0.5) is 11.5 Å². The molecule has 116 valence electrons. The van der Waals surface area contributed by atoms with Gasteiger partial charge < -0.3 is 10.0 Å². The Labute approximate surface area is 124 Å². The van der Waals surface area contributed by atoms with Crippen molar-refractivity contribution >= 4 is 11.5 Å². The number of aliphatic hydroxyl groups excluding tert-OH is 1. The zero-order valence-electron chi connectivity index (χ0n) is 12.1. The number of hydrogen-bond donors (Lipinski definition) is 1. The molecule has 1 aliphatic rings. The molecule has 1 fully saturated rings. The largest absolute Gasteiger partial charge is 0.396 e. The van der Waals surface area contributed by atoms with Crippen molar-refractivity contribution in [3.63, 3.8) is 0 Å². The second kappa shape index (κ2) is 7.90. The molecule has 1 aromatic heterocycles. The second-order valence-electron chi connectivity index (χ2n) is 5.24. The molecule has 0 aliphatic carbocycles. The van der Waals surface area contributed by atoms with Crippen molar-refractivity contribution in [1.29, 1.82) is 0 Å². The van der Waals surface area contributed by atoms with Crippen LogP contribution >= 0.6 is 0 Å². The maximum atomic E-state index is 10.6. The highest BCUT2D eigenvalue weighted by atomic mass is 16.6.